The van der Waals surface area contributed by atoms with Gasteiger partial charge in [0, 0.05) is 17.7 Å². The third-order valence-electron chi connectivity index (χ3n) is 6.94. The number of unbranched alkanes of at least 4 members (excludes halogenated alkanes) is 3. The van der Waals surface area contributed by atoms with Crippen LogP contribution in [0.15, 0.2) is 24.3 Å². The average molecular weight is 497 g/mol. The highest BCUT2D eigenvalue weighted by Crippen LogP contribution is 2.45. The first kappa shape index (κ1) is 29.1. The lowest BCUT2D eigenvalue weighted by Gasteiger charge is -2.24. The van der Waals surface area contributed by atoms with Crippen LogP contribution in [-0.4, -0.2) is 46.0 Å². The van der Waals surface area contributed by atoms with E-state index in [2.05, 4.69) is 32.9 Å². The molecule has 0 aromatic heterocycles. The number of hydrogen-bond acceptors (Lipinski definition) is 5. The maximum atomic E-state index is 11.5. The lowest BCUT2D eigenvalue weighted by atomic mass is 9.83. The van der Waals surface area contributed by atoms with Crippen LogP contribution in [0, 0.1) is 11.3 Å². The van der Waals surface area contributed by atoms with Gasteiger partial charge in [-0.15, -0.1) is 11.6 Å². The molecule has 1 fully saturated rings. The molecule has 0 radical (unpaired) electrons. The van der Waals surface area contributed by atoms with Crippen LogP contribution in [0.4, 0.5) is 0 Å². The Balaban J connectivity index is 1.82. The van der Waals surface area contributed by atoms with E-state index in [1.54, 1.807) is 0 Å². The van der Waals surface area contributed by atoms with E-state index in [-0.39, 0.29) is 41.8 Å². The summed E-state index contributed by atoms with van der Waals surface area (Å²) in [7, 11) is 0. The highest BCUT2D eigenvalue weighted by Gasteiger charge is 2.41. The molecule has 2 rings (SSSR count). The van der Waals surface area contributed by atoms with Crippen molar-refractivity contribution in [2.24, 2.45) is 11.3 Å². The van der Waals surface area contributed by atoms with Gasteiger partial charge in [0.2, 0.25) is 0 Å². The average Bonchev–Trinajstić information content (AvgIpc) is 3.06. The van der Waals surface area contributed by atoms with E-state index in [1.165, 1.54) is 0 Å². The normalized spacial score (nSPS) is 23.7. The maximum Gasteiger partial charge on any atom is 0.305 e. The van der Waals surface area contributed by atoms with Crippen LogP contribution in [0.2, 0.25) is 0 Å². The molecule has 34 heavy (non-hydrogen) atoms. The van der Waals surface area contributed by atoms with Crippen LogP contribution >= 0.6 is 11.6 Å². The number of esters is 1. The second-order valence-electron chi connectivity index (χ2n) is 11.0. The van der Waals surface area contributed by atoms with Crippen LogP contribution in [0.5, 0.6) is 0 Å². The van der Waals surface area contributed by atoms with Crippen molar-refractivity contribution in [1.29, 1.82) is 0 Å². The van der Waals surface area contributed by atoms with E-state index >= 15 is 0 Å². The molecule has 1 aromatic rings. The van der Waals surface area contributed by atoms with E-state index in [9.17, 15) is 15.0 Å². The molecule has 5 nitrogen and oxygen atoms in total. The molecular formula is C28H45ClO5. The van der Waals surface area contributed by atoms with Gasteiger partial charge in [-0.05, 0) is 54.6 Å². The highest BCUT2D eigenvalue weighted by molar-refractivity contribution is 6.21. The maximum absolute atomic E-state index is 11.5. The summed E-state index contributed by atoms with van der Waals surface area (Å²) in [5, 5.41) is 29.9. The Morgan fingerprint density at radius 1 is 1.12 bits per heavy atom. The van der Waals surface area contributed by atoms with E-state index in [4.69, 9.17) is 21.4 Å². The molecule has 2 unspecified atom stereocenters. The number of carbonyl (C=O) groups is 1. The summed E-state index contributed by atoms with van der Waals surface area (Å²) in [5.41, 5.74) is 2.31. The Morgan fingerprint density at radius 2 is 1.79 bits per heavy atom. The van der Waals surface area contributed by atoms with Crippen molar-refractivity contribution in [1.82, 2.24) is 0 Å². The molecule has 0 saturated heterocycles. The van der Waals surface area contributed by atoms with Gasteiger partial charge >= 0.3 is 5.97 Å². The zero-order valence-corrected chi connectivity index (χ0v) is 22.0. The Morgan fingerprint density at radius 3 is 2.44 bits per heavy atom. The number of aliphatic hydroxyl groups excluding tert-OH is 3. The molecule has 1 aliphatic rings. The number of rotatable bonds is 14. The Hall–Kier alpha value is -1.14. The predicted molar refractivity (Wildman–Crippen MR) is 137 cm³/mol. The van der Waals surface area contributed by atoms with Crippen molar-refractivity contribution in [2.75, 3.05) is 13.2 Å². The fourth-order valence-electron chi connectivity index (χ4n) is 5.06. The summed E-state index contributed by atoms with van der Waals surface area (Å²) >= 11 is 6.64. The summed E-state index contributed by atoms with van der Waals surface area (Å²) in [5.74, 6) is -0.0200. The molecule has 0 amide bonds. The Kier molecular flexibility index (Phi) is 12.3. The van der Waals surface area contributed by atoms with Crippen LogP contribution in [0.1, 0.15) is 108 Å². The highest BCUT2D eigenvalue weighted by atomic mass is 35.5. The van der Waals surface area contributed by atoms with Crippen LogP contribution in [0.3, 0.4) is 0 Å². The minimum atomic E-state index is -0.456. The van der Waals surface area contributed by atoms with E-state index in [0.29, 0.717) is 12.8 Å². The third kappa shape index (κ3) is 9.85. The summed E-state index contributed by atoms with van der Waals surface area (Å²) < 4.78 is 4.87. The predicted octanol–water partition coefficient (Wildman–Crippen LogP) is 5.88. The third-order valence-corrected chi connectivity index (χ3v) is 7.44. The molecule has 6 heteroatoms. The number of ether oxygens (including phenoxy) is 1. The van der Waals surface area contributed by atoms with Gasteiger partial charge in [0.05, 0.1) is 18.8 Å². The SMILES string of the molecule is CC(C)(C)CCCC(O)c1ccc([C@@H]2C(CCCCCCC(=O)OCCO)[C@H](Cl)C[C@H]2O)cc1. The zero-order valence-electron chi connectivity index (χ0n) is 21.2. The standard InChI is InChI=1S/C28H45ClO5/c1-28(2,3)16-8-10-24(31)20-12-14-21(15-13-20)27-22(23(29)19-25(27)32)9-6-4-5-7-11-26(33)34-18-17-30/h12-15,22-25,27,30-32H,4-11,16-19H2,1-3H3/t22?,23-,24?,25-,27-/m1/s1. The number of benzene rings is 1. The number of carbonyl (C=O) groups excluding carboxylic acids is 1. The second-order valence-corrected chi connectivity index (χ2v) is 11.6. The second kappa shape index (κ2) is 14.4. The fourth-order valence-corrected chi connectivity index (χ4v) is 5.52. The molecule has 3 N–H and O–H groups in total. The lowest BCUT2D eigenvalue weighted by molar-refractivity contribution is -0.144. The first-order valence-corrected chi connectivity index (χ1v) is 13.4. The molecule has 0 heterocycles. The van der Waals surface area contributed by atoms with Gasteiger partial charge in [0.15, 0.2) is 0 Å². The smallest absolute Gasteiger partial charge is 0.305 e. The molecular weight excluding hydrogens is 452 g/mol. The first-order valence-electron chi connectivity index (χ1n) is 13.0. The van der Waals surface area contributed by atoms with Gasteiger partial charge in [0.1, 0.15) is 6.61 Å². The van der Waals surface area contributed by atoms with Gasteiger partial charge in [-0.3, -0.25) is 4.79 Å². The Labute approximate surface area is 210 Å². The minimum absolute atomic E-state index is 0.0167. The summed E-state index contributed by atoms with van der Waals surface area (Å²) in [6, 6.07) is 8.10. The molecule has 1 saturated carbocycles. The molecule has 1 aromatic carbocycles. The monoisotopic (exact) mass is 496 g/mol. The lowest BCUT2D eigenvalue weighted by Crippen LogP contribution is -2.19. The largest absolute Gasteiger partial charge is 0.463 e. The Bertz CT molecular complexity index is 715. The van der Waals surface area contributed by atoms with Crippen molar-refractivity contribution < 1.29 is 24.9 Å². The van der Waals surface area contributed by atoms with Crippen molar-refractivity contribution in [3.8, 4) is 0 Å². The zero-order chi connectivity index (χ0) is 25.1. The topological polar surface area (TPSA) is 87.0 Å². The molecule has 5 atom stereocenters. The van der Waals surface area contributed by atoms with Gasteiger partial charge < -0.3 is 20.1 Å². The van der Waals surface area contributed by atoms with Gasteiger partial charge in [-0.1, -0.05) is 70.7 Å². The minimum Gasteiger partial charge on any atom is -0.463 e. The van der Waals surface area contributed by atoms with Crippen molar-refractivity contribution in [2.45, 2.75) is 108 Å². The molecule has 0 spiro atoms. The van der Waals surface area contributed by atoms with Gasteiger partial charge in [0.25, 0.3) is 0 Å². The van der Waals surface area contributed by atoms with Crippen LogP contribution in [-0.2, 0) is 9.53 Å². The van der Waals surface area contributed by atoms with Crippen LogP contribution < -0.4 is 0 Å². The number of aliphatic hydroxyl groups is 3. The van der Waals surface area contributed by atoms with Gasteiger partial charge in [-0.2, -0.15) is 0 Å². The quantitative estimate of drug-likeness (QED) is 0.170. The number of hydrogen-bond donors (Lipinski definition) is 3. The van der Waals surface area contributed by atoms with Crippen molar-refractivity contribution in [3.05, 3.63) is 35.4 Å². The number of halogens is 1. The summed E-state index contributed by atoms with van der Waals surface area (Å²) in [6.07, 6.45) is 7.62. The number of alkyl halides is 1. The van der Waals surface area contributed by atoms with E-state index in [0.717, 1.165) is 62.5 Å². The summed E-state index contributed by atoms with van der Waals surface area (Å²) in [4.78, 5) is 11.5. The molecule has 1 aliphatic carbocycles. The summed E-state index contributed by atoms with van der Waals surface area (Å²) in [6.45, 7) is 6.59. The van der Waals surface area contributed by atoms with Crippen molar-refractivity contribution >= 4 is 17.6 Å². The van der Waals surface area contributed by atoms with E-state index in [1.807, 2.05) is 12.1 Å². The van der Waals surface area contributed by atoms with E-state index < -0.39 is 12.2 Å². The molecule has 0 aliphatic heterocycles. The fraction of sp³-hybridized carbons (Fsp3) is 0.750. The van der Waals surface area contributed by atoms with Crippen molar-refractivity contribution in [3.63, 3.8) is 0 Å². The first-order chi connectivity index (χ1) is 16.1. The molecule has 0 bridgehead atoms. The molecule has 194 valence electrons. The van der Waals surface area contributed by atoms with Gasteiger partial charge in [-0.25, -0.2) is 0 Å². The van der Waals surface area contributed by atoms with Crippen LogP contribution in [0.25, 0.3) is 0 Å².